The lowest BCUT2D eigenvalue weighted by molar-refractivity contribution is 0.0516. The van der Waals surface area contributed by atoms with Gasteiger partial charge in [-0.25, -0.2) is 4.98 Å². The molecule has 11 nitrogen and oxygen atoms in total. The van der Waals surface area contributed by atoms with Crippen molar-refractivity contribution in [3.63, 3.8) is 0 Å². The van der Waals surface area contributed by atoms with Gasteiger partial charge in [-0.3, -0.25) is 19.3 Å². The van der Waals surface area contributed by atoms with Crippen LogP contribution in [0.2, 0.25) is 10.0 Å². The molecule has 2 aromatic heterocycles. The van der Waals surface area contributed by atoms with Crippen molar-refractivity contribution in [1.82, 2.24) is 24.8 Å². The van der Waals surface area contributed by atoms with Gasteiger partial charge in [0, 0.05) is 18.8 Å². The molecule has 0 saturated carbocycles. The minimum absolute atomic E-state index is 0.0545. The molecule has 42 heavy (non-hydrogen) atoms. The number of amides is 2. The van der Waals surface area contributed by atoms with E-state index in [0.717, 1.165) is 25.9 Å². The fourth-order valence-corrected chi connectivity index (χ4v) is 5.74. The van der Waals surface area contributed by atoms with Crippen molar-refractivity contribution >= 4 is 51.7 Å². The smallest absolute Gasteiger partial charge is 0.261 e. The van der Waals surface area contributed by atoms with E-state index in [1.54, 1.807) is 36.4 Å². The minimum atomic E-state index is -0.949. The summed E-state index contributed by atoms with van der Waals surface area (Å²) in [6.07, 6.45) is 2.01. The Morgan fingerprint density at radius 3 is 2.62 bits per heavy atom. The van der Waals surface area contributed by atoms with E-state index < -0.39 is 11.7 Å². The summed E-state index contributed by atoms with van der Waals surface area (Å²) in [5.41, 5.74) is 1.84. The number of aliphatic hydroxyl groups excluding tert-OH is 1. The van der Waals surface area contributed by atoms with Gasteiger partial charge in [0.25, 0.3) is 17.4 Å². The molecular formula is C29H28Cl2N6O5. The molecule has 1 unspecified atom stereocenters. The highest BCUT2D eigenvalue weighted by molar-refractivity contribution is 6.42. The molecule has 4 N–H and O–H groups in total. The van der Waals surface area contributed by atoms with Crippen molar-refractivity contribution < 1.29 is 19.4 Å². The number of pyridine rings is 1. The number of imidazole rings is 1. The van der Waals surface area contributed by atoms with E-state index in [9.17, 15) is 19.5 Å². The molecule has 218 valence electrons. The number of aromatic amines is 2. The largest absolute Gasteiger partial charge is 0.489 e. The second kappa shape index (κ2) is 11.4. The van der Waals surface area contributed by atoms with Gasteiger partial charge in [-0.05, 0) is 63.3 Å². The number of ether oxygens (including phenoxy) is 1. The van der Waals surface area contributed by atoms with Crippen molar-refractivity contribution in [2.45, 2.75) is 25.0 Å². The van der Waals surface area contributed by atoms with Crippen molar-refractivity contribution in [2.24, 2.45) is 0 Å². The number of piperidine rings is 1. The second-order valence-electron chi connectivity index (χ2n) is 10.5. The molecule has 0 radical (unpaired) electrons. The van der Waals surface area contributed by atoms with E-state index in [-0.39, 0.29) is 47.4 Å². The Bertz CT molecular complexity index is 1690. The van der Waals surface area contributed by atoms with E-state index in [1.807, 2.05) is 7.05 Å². The number of fused-ring (bicyclic) bond motifs is 2. The van der Waals surface area contributed by atoms with Crippen molar-refractivity contribution in [3.05, 3.63) is 74.1 Å². The number of nitrogens with one attached hydrogen (secondary N) is 3. The maximum Gasteiger partial charge on any atom is 0.261 e. The van der Waals surface area contributed by atoms with Crippen LogP contribution in [-0.4, -0.2) is 87.1 Å². The van der Waals surface area contributed by atoms with Crippen LogP contribution < -0.4 is 15.6 Å². The molecule has 0 bridgehead atoms. The fraction of sp³-hybridized carbons (Fsp3) is 0.310. The highest BCUT2D eigenvalue weighted by Gasteiger charge is 2.41. The number of likely N-dealkylation sites (tertiary alicyclic amines) is 1. The molecule has 0 spiro atoms. The number of hydrogen-bond donors (Lipinski definition) is 4. The molecule has 13 heteroatoms. The second-order valence-corrected chi connectivity index (χ2v) is 11.3. The Labute approximate surface area is 250 Å². The molecule has 1 fully saturated rings. The minimum Gasteiger partial charge on any atom is -0.489 e. The maximum atomic E-state index is 13.3. The number of carbonyl (C=O) groups is 2. The van der Waals surface area contributed by atoms with Gasteiger partial charge < -0.3 is 30.0 Å². The first-order chi connectivity index (χ1) is 20.2. The average molecular weight is 611 g/mol. The molecular weight excluding hydrogens is 583 g/mol. The lowest BCUT2D eigenvalue weighted by Gasteiger charge is -2.33. The lowest BCUT2D eigenvalue weighted by atomic mass is 10.0. The number of carbonyl (C=O) groups excluding carboxylic acids is 2. The fourth-order valence-electron chi connectivity index (χ4n) is 5.39. The van der Waals surface area contributed by atoms with Gasteiger partial charge in [-0.1, -0.05) is 29.3 Å². The first-order valence-corrected chi connectivity index (χ1v) is 14.3. The van der Waals surface area contributed by atoms with Gasteiger partial charge >= 0.3 is 0 Å². The highest BCUT2D eigenvalue weighted by Crippen LogP contribution is 2.33. The zero-order valence-electron chi connectivity index (χ0n) is 22.6. The Morgan fingerprint density at radius 1 is 1.12 bits per heavy atom. The summed E-state index contributed by atoms with van der Waals surface area (Å²) in [7, 11) is 2.03. The van der Waals surface area contributed by atoms with Gasteiger partial charge in [0.1, 0.15) is 34.9 Å². The third-order valence-corrected chi connectivity index (χ3v) is 8.45. The molecule has 0 aliphatic carbocycles. The number of hydrogen-bond acceptors (Lipinski definition) is 8. The monoisotopic (exact) mass is 610 g/mol. The Morgan fingerprint density at radius 2 is 1.86 bits per heavy atom. The zero-order chi connectivity index (χ0) is 29.5. The first-order valence-electron chi connectivity index (χ1n) is 13.5. The molecule has 2 aliphatic rings. The molecule has 1 saturated heterocycles. The summed E-state index contributed by atoms with van der Waals surface area (Å²) in [5, 5.41) is 14.2. The third kappa shape index (κ3) is 5.24. The van der Waals surface area contributed by atoms with E-state index in [4.69, 9.17) is 27.9 Å². The van der Waals surface area contributed by atoms with Crippen molar-refractivity contribution in [2.75, 3.05) is 38.6 Å². The topological polar surface area (TPSA) is 144 Å². The maximum absolute atomic E-state index is 13.3. The number of anilines is 1. The summed E-state index contributed by atoms with van der Waals surface area (Å²) in [6, 6.07) is 9.72. The quantitative estimate of drug-likeness (QED) is 0.221. The number of H-pyrrole nitrogens is 2. The van der Waals surface area contributed by atoms with Crippen molar-refractivity contribution in [1.29, 1.82) is 0 Å². The van der Waals surface area contributed by atoms with Gasteiger partial charge in [0.2, 0.25) is 0 Å². The first kappa shape index (κ1) is 28.2. The molecule has 1 atom stereocenters. The molecule has 2 amide bonds. The number of rotatable bonds is 8. The van der Waals surface area contributed by atoms with Gasteiger partial charge in [-0.2, -0.15) is 0 Å². The van der Waals surface area contributed by atoms with Crippen LogP contribution in [0.1, 0.15) is 33.6 Å². The van der Waals surface area contributed by atoms with Gasteiger partial charge in [0.05, 0.1) is 32.9 Å². The molecule has 2 aliphatic heterocycles. The van der Waals surface area contributed by atoms with Crippen LogP contribution >= 0.6 is 23.2 Å². The summed E-state index contributed by atoms with van der Waals surface area (Å²) in [6.45, 7) is 1.63. The Hall–Kier alpha value is -3.90. The number of halogens is 2. The number of nitrogens with zero attached hydrogens (tertiary/aromatic N) is 3. The lowest BCUT2D eigenvalue weighted by Crippen LogP contribution is -2.46. The third-order valence-electron chi connectivity index (χ3n) is 7.65. The van der Waals surface area contributed by atoms with Crippen LogP contribution in [0.5, 0.6) is 5.75 Å². The Balaban J connectivity index is 1.21. The predicted octanol–water partition coefficient (Wildman–Crippen LogP) is 3.77. The molecule has 4 heterocycles. The number of aliphatic hydroxyl groups is 1. The summed E-state index contributed by atoms with van der Waals surface area (Å²) in [5.74, 6) is -0.0221. The summed E-state index contributed by atoms with van der Waals surface area (Å²) >= 11 is 12.2. The van der Waals surface area contributed by atoms with Crippen LogP contribution in [-0.2, 0) is 0 Å². The van der Waals surface area contributed by atoms with Crippen LogP contribution in [0.25, 0.3) is 22.4 Å². The van der Waals surface area contributed by atoms with E-state index >= 15 is 0 Å². The van der Waals surface area contributed by atoms with Crippen LogP contribution in [0.15, 0.2) is 47.4 Å². The van der Waals surface area contributed by atoms with Gasteiger partial charge in [0.15, 0.2) is 0 Å². The number of benzene rings is 2. The summed E-state index contributed by atoms with van der Waals surface area (Å²) in [4.78, 5) is 53.4. The van der Waals surface area contributed by atoms with E-state index in [1.165, 1.54) is 11.1 Å². The highest BCUT2D eigenvalue weighted by atomic mass is 35.5. The average Bonchev–Trinajstić information content (AvgIpc) is 3.49. The van der Waals surface area contributed by atoms with Crippen LogP contribution in [0, 0.1) is 0 Å². The van der Waals surface area contributed by atoms with Crippen molar-refractivity contribution in [3.8, 4) is 17.1 Å². The summed E-state index contributed by atoms with van der Waals surface area (Å²) < 4.78 is 5.60. The molecule has 6 rings (SSSR count). The number of imide groups is 1. The molecule has 4 aromatic rings. The van der Waals surface area contributed by atoms with E-state index in [0.29, 0.717) is 38.6 Å². The normalized spacial score (nSPS) is 16.7. The standard InChI is InChI=1S/C29H28Cl2N6O5/c1-36-9-6-15(7-10-36)37-28(40)17-11-21-22(12-18(17)29(37)41)35-26(34-21)24-20(5-8-32-27(24)39)33-13-16(38)14-42-23-4-2-3-19(30)25(23)31/h2-5,8,11-12,15-16,38H,6-7,9-10,13-14H2,1H3,(H,34,35)(H2,32,33,39). The number of aromatic nitrogens is 3. The Kier molecular flexibility index (Phi) is 7.67. The van der Waals surface area contributed by atoms with E-state index in [2.05, 4.69) is 25.2 Å². The SMILES string of the molecule is CN1CCC(N2C(=O)c3cc4nc(-c5c(NCC(O)COc6cccc(Cl)c6Cl)cc[nH]c5=O)[nH]c4cc3C2=O)CC1. The zero-order valence-corrected chi connectivity index (χ0v) is 24.1. The van der Waals surface area contributed by atoms with Crippen LogP contribution in [0.3, 0.4) is 0 Å². The molecule has 2 aromatic carbocycles. The van der Waals surface area contributed by atoms with Crippen LogP contribution in [0.4, 0.5) is 5.69 Å². The van der Waals surface area contributed by atoms with Gasteiger partial charge in [-0.15, -0.1) is 0 Å². The predicted molar refractivity (Wildman–Crippen MR) is 160 cm³/mol.